The lowest BCUT2D eigenvalue weighted by Gasteiger charge is -2.28. The molecule has 2 rings (SSSR count). The largest absolute Gasteiger partial charge is 0.356 e. The molecule has 20 heavy (non-hydrogen) atoms. The minimum Gasteiger partial charge on any atom is -0.356 e. The van der Waals surface area contributed by atoms with Crippen LogP contribution in [0.3, 0.4) is 0 Å². The van der Waals surface area contributed by atoms with Crippen LogP contribution in [0, 0.1) is 0 Å². The van der Waals surface area contributed by atoms with E-state index in [0.717, 1.165) is 12.8 Å². The van der Waals surface area contributed by atoms with Gasteiger partial charge in [0.25, 0.3) is 0 Å². The molecule has 1 aromatic carbocycles. The molecule has 112 valence electrons. The molecule has 1 saturated carbocycles. The highest BCUT2D eigenvalue weighted by atomic mass is 16.6. The SMILES string of the molecule is CC(C)c1ccc(C2(NC(O)OC(C)(C)C)CC2)cc1. The average molecular weight is 277 g/mol. The Morgan fingerprint density at radius 1 is 1.15 bits per heavy atom. The van der Waals surface area contributed by atoms with Crippen LogP contribution in [0.15, 0.2) is 24.3 Å². The van der Waals surface area contributed by atoms with Crippen molar-refractivity contribution in [2.45, 2.75) is 70.9 Å². The Hall–Kier alpha value is -0.900. The lowest BCUT2D eigenvalue weighted by molar-refractivity contribution is -0.187. The van der Waals surface area contributed by atoms with Crippen molar-refractivity contribution in [2.75, 3.05) is 0 Å². The van der Waals surface area contributed by atoms with Crippen molar-refractivity contribution in [1.29, 1.82) is 0 Å². The quantitative estimate of drug-likeness (QED) is 0.810. The predicted octanol–water partition coefficient (Wildman–Crippen LogP) is 3.48. The molecule has 1 fully saturated rings. The molecule has 1 aliphatic rings. The molecule has 3 heteroatoms. The minimum atomic E-state index is -0.928. The van der Waals surface area contributed by atoms with E-state index in [-0.39, 0.29) is 11.1 Å². The van der Waals surface area contributed by atoms with Gasteiger partial charge in [-0.1, -0.05) is 38.1 Å². The summed E-state index contributed by atoms with van der Waals surface area (Å²) in [5.74, 6) is 0.543. The van der Waals surface area contributed by atoms with Crippen LogP contribution in [0.5, 0.6) is 0 Å². The van der Waals surface area contributed by atoms with Gasteiger partial charge in [0.2, 0.25) is 6.41 Å². The number of rotatable bonds is 5. The van der Waals surface area contributed by atoms with Crippen molar-refractivity contribution in [3.8, 4) is 0 Å². The zero-order chi connectivity index (χ0) is 15.0. The highest BCUT2D eigenvalue weighted by Crippen LogP contribution is 2.46. The topological polar surface area (TPSA) is 41.5 Å². The smallest absolute Gasteiger partial charge is 0.214 e. The normalized spacial score (nSPS) is 19.1. The van der Waals surface area contributed by atoms with Crippen LogP contribution in [0.4, 0.5) is 0 Å². The summed E-state index contributed by atoms with van der Waals surface area (Å²) in [5, 5.41) is 13.3. The van der Waals surface area contributed by atoms with Crippen LogP contribution in [0.1, 0.15) is 64.5 Å². The standard InChI is InChI=1S/C17H27NO2/c1-12(2)13-6-8-14(9-7-13)17(10-11-17)18-15(19)20-16(3,4)5/h6-9,12,15,18-19H,10-11H2,1-5H3. The average Bonchev–Trinajstić information content (AvgIpc) is 3.07. The molecular weight excluding hydrogens is 250 g/mol. The van der Waals surface area contributed by atoms with Crippen molar-refractivity contribution >= 4 is 0 Å². The first-order chi connectivity index (χ1) is 9.22. The summed E-state index contributed by atoms with van der Waals surface area (Å²) in [6.45, 7) is 10.2. The van der Waals surface area contributed by atoms with E-state index in [2.05, 4.69) is 43.4 Å². The van der Waals surface area contributed by atoms with Gasteiger partial charge in [-0.25, -0.2) is 0 Å². The summed E-state index contributed by atoms with van der Waals surface area (Å²) in [6.07, 6.45) is 1.15. The number of nitrogens with one attached hydrogen (secondary N) is 1. The van der Waals surface area contributed by atoms with Crippen LogP contribution >= 0.6 is 0 Å². The van der Waals surface area contributed by atoms with E-state index in [1.165, 1.54) is 11.1 Å². The van der Waals surface area contributed by atoms with Crippen molar-refractivity contribution < 1.29 is 9.84 Å². The summed E-state index contributed by atoms with van der Waals surface area (Å²) in [6, 6.07) is 8.69. The first-order valence-electron chi connectivity index (χ1n) is 7.46. The molecule has 0 amide bonds. The van der Waals surface area contributed by atoms with Gasteiger partial charge in [0.05, 0.1) is 5.60 Å². The second-order valence-corrected chi connectivity index (χ2v) is 7.09. The van der Waals surface area contributed by atoms with Crippen molar-refractivity contribution in [3.05, 3.63) is 35.4 Å². The second-order valence-electron chi connectivity index (χ2n) is 7.09. The zero-order valence-corrected chi connectivity index (χ0v) is 13.2. The summed E-state index contributed by atoms with van der Waals surface area (Å²) in [4.78, 5) is 0. The molecule has 0 heterocycles. The van der Waals surface area contributed by atoms with Crippen molar-refractivity contribution in [1.82, 2.24) is 5.32 Å². The zero-order valence-electron chi connectivity index (χ0n) is 13.2. The van der Waals surface area contributed by atoms with Crippen LogP contribution in [-0.2, 0) is 10.3 Å². The van der Waals surface area contributed by atoms with E-state index in [1.54, 1.807) is 0 Å². The molecule has 0 aliphatic heterocycles. The van der Waals surface area contributed by atoms with E-state index in [1.807, 2.05) is 20.8 Å². The molecule has 0 aromatic heterocycles. The minimum absolute atomic E-state index is 0.111. The first kappa shape index (κ1) is 15.5. The third-order valence-electron chi connectivity index (χ3n) is 3.74. The molecule has 1 aliphatic carbocycles. The Labute approximate surface area is 122 Å². The lowest BCUT2D eigenvalue weighted by atomic mass is 9.98. The number of hydrogen-bond donors (Lipinski definition) is 2. The van der Waals surface area contributed by atoms with E-state index in [0.29, 0.717) is 5.92 Å². The number of benzene rings is 1. The molecule has 0 bridgehead atoms. The van der Waals surface area contributed by atoms with Gasteiger partial charge in [0.15, 0.2) is 0 Å². The molecule has 3 nitrogen and oxygen atoms in total. The molecular formula is C17H27NO2. The lowest BCUT2D eigenvalue weighted by Crippen LogP contribution is -2.43. The third-order valence-corrected chi connectivity index (χ3v) is 3.74. The van der Waals surface area contributed by atoms with E-state index >= 15 is 0 Å². The molecule has 1 aromatic rings. The van der Waals surface area contributed by atoms with Gasteiger partial charge in [-0.05, 0) is 50.7 Å². The highest BCUT2D eigenvalue weighted by Gasteiger charge is 2.46. The summed E-state index contributed by atoms with van der Waals surface area (Å²) < 4.78 is 5.54. The maximum absolute atomic E-state index is 10.0. The van der Waals surface area contributed by atoms with Crippen LogP contribution in [0.2, 0.25) is 0 Å². The van der Waals surface area contributed by atoms with E-state index in [9.17, 15) is 5.11 Å². The molecule has 2 N–H and O–H groups in total. The van der Waals surface area contributed by atoms with E-state index in [4.69, 9.17) is 4.74 Å². The predicted molar refractivity (Wildman–Crippen MR) is 81.4 cm³/mol. The van der Waals surface area contributed by atoms with Gasteiger partial charge in [-0.3, -0.25) is 5.32 Å². The molecule has 0 saturated heterocycles. The Kier molecular flexibility index (Phi) is 4.24. The molecule has 0 radical (unpaired) electrons. The van der Waals surface area contributed by atoms with Gasteiger partial charge in [0.1, 0.15) is 0 Å². The first-order valence-corrected chi connectivity index (χ1v) is 7.46. The van der Waals surface area contributed by atoms with Gasteiger partial charge < -0.3 is 9.84 Å². The number of hydrogen-bond acceptors (Lipinski definition) is 3. The van der Waals surface area contributed by atoms with E-state index < -0.39 is 6.41 Å². The van der Waals surface area contributed by atoms with Gasteiger partial charge >= 0.3 is 0 Å². The summed E-state index contributed by atoms with van der Waals surface area (Å²) >= 11 is 0. The highest BCUT2D eigenvalue weighted by molar-refractivity contribution is 5.33. The van der Waals surface area contributed by atoms with Crippen LogP contribution in [-0.4, -0.2) is 17.1 Å². The molecule has 0 spiro atoms. The second kappa shape index (κ2) is 5.47. The van der Waals surface area contributed by atoms with Gasteiger partial charge in [-0.2, -0.15) is 0 Å². The van der Waals surface area contributed by atoms with Crippen LogP contribution in [0.25, 0.3) is 0 Å². The Morgan fingerprint density at radius 2 is 1.70 bits per heavy atom. The van der Waals surface area contributed by atoms with Gasteiger partial charge in [0, 0.05) is 5.54 Å². The fourth-order valence-corrected chi connectivity index (χ4v) is 2.43. The van der Waals surface area contributed by atoms with Crippen molar-refractivity contribution in [3.63, 3.8) is 0 Å². The maximum atomic E-state index is 10.0. The molecule has 1 unspecified atom stereocenters. The van der Waals surface area contributed by atoms with Crippen molar-refractivity contribution in [2.24, 2.45) is 0 Å². The fourth-order valence-electron chi connectivity index (χ4n) is 2.43. The van der Waals surface area contributed by atoms with Gasteiger partial charge in [-0.15, -0.1) is 0 Å². The Bertz CT molecular complexity index is 441. The Morgan fingerprint density at radius 3 is 2.10 bits per heavy atom. The van der Waals surface area contributed by atoms with Crippen LogP contribution < -0.4 is 5.32 Å². The summed E-state index contributed by atoms with van der Waals surface area (Å²) in [7, 11) is 0. The maximum Gasteiger partial charge on any atom is 0.214 e. The number of ether oxygens (including phenoxy) is 1. The third kappa shape index (κ3) is 3.81. The summed E-state index contributed by atoms with van der Waals surface area (Å²) in [5.41, 5.74) is 2.11. The fraction of sp³-hybridized carbons (Fsp3) is 0.647. The Balaban J connectivity index is 2.04. The number of aliphatic hydroxyl groups is 1. The number of aliphatic hydroxyl groups excluding tert-OH is 1. The molecule has 1 atom stereocenters. The monoisotopic (exact) mass is 277 g/mol.